The van der Waals surface area contributed by atoms with Crippen LogP contribution in [-0.2, 0) is 11.5 Å². The van der Waals surface area contributed by atoms with Gasteiger partial charge in [0.25, 0.3) is 5.91 Å². The lowest BCUT2D eigenvalue weighted by Gasteiger charge is -2.13. The molecule has 5 heteroatoms. The van der Waals surface area contributed by atoms with Gasteiger partial charge in [-0.2, -0.15) is 16.9 Å². The van der Waals surface area contributed by atoms with Gasteiger partial charge in [-0.25, -0.2) is 5.43 Å². The molecule has 0 saturated carbocycles. The number of aromatic nitrogens is 1. The number of carbonyl (C=O) groups excluding carboxylic acids is 1. The van der Waals surface area contributed by atoms with Crippen molar-refractivity contribution in [2.75, 3.05) is 0 Å². The third-order valence-corrected chi connectivity index (χ3v) is 7.10. The predicted octanol–water partition coefficient (Wildman–Crippen LogP) is 6.91. The maximum absolute atomic E-state index is 12.6. The second kappa shape index (κ2) is 11.2. The Labute approximate surface area is 212 Å². The Bertz CT molecular complexity index is 1340. The fourth-order valence-corrected chi connectivity index (χ4v) is 5.14. The van der Waals surface area contributed by atoms with Crippen LogP contribution in [0.3, 0.4) is 0 Å². The van der Waals surface area contributed by atoms with Gasteiger partial charge in [-0.05, 0) is 68.7 Å². The van der Waals surface area contributed by atoms with E-state index in [1.54, 1.807) is 6.21 Å². The minimum absolute atomic E-state index is 0.215. The maximum atomic E-state index is 12.6. The van der Waals surface area contributed by atoms with Gasteiger partial charge in [-0.1, -0.05) is 60.2 Å². The molecule has 0 atom stereocenters. The number of rotatable bonds is 8. The van der Waals surface area contributed by atoms with Crippen LogP contribution in [0.25, 0.3) is 5.69 Å². The van der Waals surface area contributed by atoms with E-state index < -0.39 is 0 Å². The number of hydrazone groups is 1. The molecule has 0 aliphatic carbocycles. The first-order chi connectivity index (χ1) is 16.9. The van der Waals surface area contributed by atoms with E-state index in [1.165, 1.54) is 22.3 Å². The molecule has 0 saturated heterocycles. The van der Waals surface area contributed by atoms with Crippen molar-refractivity contribution >= 4 is 23.9 Å². The fourth-order valence-electron chi connectivity index (χ4n) is 4.18. The number of hydrogen-bond acceptors (Lipinski definition) is 3. The first-order valence-corrected chi connectivity index (χ1v) is 12.9. The molecule has 4 nitrogen and oxygen atoms in total. The maximum Gasteiger partial charge on any atom is 0.271 e. The molecule has 0 bridgehead atoms. The van der Waals surface area contributed by atoms with Crippen LogP contribution in [0.4, 0.5) is 0 Å². The number of nitrogens with zero attached hydrogens (tertiary/aromatic N) is 2. The van der Waals surface area contributed by atoms with Crippen molar-refractivity contribution in [3.05, 3.63) is 124 Å². The highest BCUT2D eigenvalue weighted by atomic mass is 32.2. The van der Waals surface area contributed by atoms with Gasteiger partial charge in [-0.15, -0.1) is 0 Å². The minimum atomic E-state index is -0.215. The lowest BCUT2D eigenvalue weighted by molar-refractivity contribution is 0.0955. The van der Waals surface area contributed by atoms with Crippen LogP contribution in [0.2, 0.25) is 0 Å². The lowest BCUT2D eigenvalue weighted by atomic mass is 10.1. The van der Waals surface area contributed by atoms with E-state index in [0.717, 1.165) is 34.1 Å². The first-order valence-electron chi connectivity index (χ1n) is 11.7. The topological polar surface area (TPSA) is 46.4 Å². The number of benzene rings is 3. The van der Waals surface area contributed by atoms with E-state index in [1.807, 2.05) is 42.1 Å². The van der Waals surface area contributed by atoms with Crippen LogP contribution in [0.5, 0.6) is 0 Å². The summed E-state index contributed by atoms with van der Waals surface area (Å²) in [7, 11) is 0. The molecular weight excluding hydrogens is 450 g/mol. The van der Waals surface area contributed by atoms with Crippen LogP contribution >= 0.6 is 11.8 Å². The molecule has 1 aromatic heterocycles. The smallest absolute Gasteiger partial charge is 0.271 e. The van der Waals surface area contributed by atoms with Gasteiger partial charge in [0, 0.05) is 39.7 Å². The highest BCUT2D eigenvalue weighted by Gasteiger charge is 2.12. The van der Waals surface area contributed by atoms with Crippen LogP contribution in [0.1, 0.15) is 49.6 Å². The Morgan fingerprint density at radius 3 is 2.26 bits per heavy atom. The Balaban J connectivity index is 1.35. The molecule has 35 heavy (non-hydrogen) atoms. The number of amides is 1. The fraction of sp³-hybridized carbons (Fsp3) is 0.200. The molecule has 1 amide bonds. The summed E-state index contributed by atoms with van der Waals surface area (Å²) in [5.74, 6) is 1.67. The van der Waals surface area contributed by atoms with Gasteiger partial charge in [0.2, 0.25) is 0 Å². The summed E-state index contributed by atoms with van der Waals surface area (Å²) in [6.45, 7) is 8.39. The summed E-state index contributed by atoms with van der Waals surface area (Å²) in [4.78, 5) is 12.6. The Morgan fingerprint density at radius 1 is 0.886 bits per heavy atom. The second-order valence-electron chi connectivity index (χ2n) is 8.83. The molecule has 3 aromatic carbocycles. The van der Waals surface area contributed by atoms with Crippen molar-refractivity contribution in [3.63, 3.8) is 0 Å². The van der Waals surface area contributed by atoms with Gasteiger partial charge in [0.1, 0.15) is 0 Å². The molecule has 0 aliphatic heterocycles. The zero-order valence-corrected chi connectivity index (χ0v) is 21.5. The summed E-state index contributed by atoms with van der Waals surface area (Å²) in [5, 5.41) is 4.23. The number of aryl methyl sites for hydroxylation is 3. The summed E-state index contributed by atoms with van der Waals surface area (Å²) in [6.07, 6.45) is 1.72. The summed E-state index contributed by atoms with van der Waals surface area (Å²) < 4.78 is 2.23. The van der Waals surface area contributed by atoms with Crippen LogP contribution in [-0.4, -0.2) is 16.7 Å². The van der Waals surface area contributed by atoms with Gasteiger partial charge in [0.15, 0.2) is 0 Å². The standard InChI is InChI=1S/C30H31N3OS/c1-21-10-15-29(22(2)16-21)33-23(3)17-28(24(33)4)18-31-32-30(34)27-13-11-26(12-14-27)20-35-19-25-8-6-5-7-9-25/h5-18H,19-20H2,1-4H3,(H,32,34)/b31-18+. The average Bonchev–Trinajstić information content (AvgIpc) is 3.13. The quantitative estimate of drug-likeness (QED) is 0.220. The zero-order valence-electron chi connectivity index (χ0n) is 20.7. The molecule has 1 heterocycles. The van der Waals surface area contributed by atoms with Crippen molar-refractivity contribution in [1.82, 2.24) is 9.99 Å². The Hall–Kier alpha value is -3.57. The predicted molar refractivity (Wildman–Crippen MR) is 148 cm³/mol. The van der Waals surface area contributed by atoms with Crippen molar-refractivity contribution in [2.45, 2.75) is 39.2 Å². The highest BCUT2D eigenvalue weighted by molar-refractivity contribution is 7.97. The summed E-state index contributed by atoms with van der Waals surface area (Å²) in [6, 6.07) is 26.7. The number of nitrogens with one attached hydrogen (secondary N) is 1. The van der Waals surface area contributed by atoms with Crippen LogP contribution in [0, 0.1) is 27.7 Å². The normalized spacial score (nSPS) is 11.2. The average molecular weight is 482 g/mol. The van der Waals surface area contributed by atoms with E-state index in [0.29, 0.717) is 5.56 Å². The molecular formula is C30H31N3OS. The SMILES string of the molecule is Cc1ccc(-n2c(C)cc(/C=N/NC(=O)c3ccc(CSCc4ccccc4)cc3)c2C)c(C)c1. The van der Waals surface area contributed by atoms with E-state index in [4.69, 9.17) is 0 Å². The molecule has 0 aliphatic rings. The number of thioether (sulfide) groups is 1. The third kappa shape index (κ3) is 6.11. The van der Waals surface area contributed by atoms with Gasteiger partial charge < -0.3 is 4.57 Å². The van der Waals surface area contributed by atoms with E-state index in [2.05, 4.69) is 91.3 Å². The van der Waals surface area contributed by atoms with Crippen LogP contribution in [0.15, 0.2) is 84.0 Å². The molecule has 178 valence electrons. The first kappa shape index (κ1) is 24.6. The number of hydrogen-bond donors (Lipinski definition) is 1. The van der Waals surface area contributed by atoms with Gasteiger partial charge in [0.05, 0.1) is 6.21 Å². The van der Waals surface area contributed by atoms with E-state index in [9.17, 15) is 4.79 Å². The van der Waals surface area contributed by atoms with Gasteiger partial charge >= 0.3 is 0 Å². The van der Waals surface area contributed by atoms with Crippen molar-refractivity contribution in [1.29, 1.82) is 0 Å². The second-order valence-corrected chi connectivity index (χ2v) is 9.81. The molecule has 0 fully saturated rings. The minimum Gasteiger partial charge on any atom is -0.318 e. The van der Waals surface area contributed by atoms with Crippen molar-refractivity contribution in [2.24, 2.45) is 5.10 Å². The summed E-state index contributed by atoms with van der Waals surface area (Å²) >= 11 is 1.86. The Kier molecular flexibility index (Phi) is 7.88. The highest BCUT2D eigenvalue weighted by Crippen LogP contribution is 2.23. The molecule has 4 rings (SSSR count). The lowest BCUT2D eigenvalue weighted by Crippen LogP contribution is -2.17. The van der Waals surface area contributed by atoms with E-state index >= 15 is 0 Å². The molecule has 4 aromatic rings. The molecule has 0 spiro atoms. The molecule has 1 N–H and O–H groups in total. The third-order valence-electron chi connectivity index (χ3n) is 6.03. The number of carbonyl (C=O) groups is 1. The van der Waals surface area contributed by atoms with Crippen molar-refractivity contribution < 1.29 is 4.79 Å². The monoisotopic (exact) mass is 481 g/mol. The Morgan fingerprint density at radius 2 is 1.57 bits per heavy atom. The molecule has 0 radical (unpaired) electrons. The van der Waals surface area contributed by atoms with Crippen LogP contribution < -0.4 is 5.43 Å². The summed E-state index contributed by atoms with van der Waals surface area (Å²) in [5.41, 5.74) is 12.6. The van der Waals surface area contributed by atoms with Gasteiger partial charge in [-0.3, -0.25) is 4.79 Å². The van der Waals surface area contributed by atoms with E-state index in [-0.39, 0.29) is 5.91 Å². The largest absolute Gasteiger partial charge is 0.318 e. The zero-order chi connectivity index (χ0) is 24.8. The molecule has 0 unspecified atom stereocenters. The van der Waals surface area contributed by atoms with Crippen molar-refractivity contribution in [3.8, 4) is 5.69 Å².